The summed E-state index contributed by atoms with van der Waals surface area (Å²) in [6, 6.07) is 10.3. The third kappa shape index (κ3) is 6.30. The first-order valence-electron chi connectivity index (χ1n) is 12.7. The number of benzene rings is 3. The van der Waals surface area contributed by atoms with Gasteiger partial charge in [-0.15, -0.1) is 0 Å². The van der Waals surface area contributed by atoms with Gasteiger partial charge in [-0.3, -0.25) is 14.4 Å². The summed E-state index contributed by atoms with van der Waals surface area (Å²) in [5.41, 5.74) is 7.99. The lowest BCUT2D eigenvalue weighted by Gasteiger charge is -2.17. The van der Waals surface area contributed by atoms with Crippen molar-refractivity contribution in [2.45, 2.75) is 26.3 Å². The number of amidine groups is 1. The second kappa shape index (κ2) is 12.4. The van der Waals surface area contributed by atoms with Crippen molar-refractivity contribution >= 4 is 34.9 Å². The lowest BCUT2D eigenvalue weighted by molar-refractivity contribution is -0.117. The van der Waals surface area contributed by atoms with Crippen LogP contribution in [0, 0.1) is 13.8 Å². The molecule has 0 spiro atoms. The number of nitrogens with zero attached hydrogens (tertiary/aromatic N) is 1. The molecule has 3 amide bonds. The maximum absolute atomic E-state index is 13.5. The van der Waals surface area contributed by atoms with E-state index in [-0.39, 0.29) is 52.0 Å². The van der Waals surface area contributed by atoms with Crippen molar-refractivity contribution in [2.24, 2.45) is 10.9 Å². The second-order valence-electron chi connectivity index (χ2n) is 9.50. The van der Waals surface area contributed by atoms with Crippen LogP contribution >= 0.6 is 0 Å². The average molecular weight is 578 g/mol. The maximum Gasteiger partial charge on any atom is 0.256 e. The first-order chi connectivity index (χ1) is 20.1. The molecule has 13 nitrogen and oxygen atoms in total. The molecule has 13 heteroatoms. The van der Waals surface area contributed by atoms with Crippen LogP contribution in [-0.2, 0) is 4.79 Å². The van der Waals surface area contributed by atoms with Gasteiger partial charge >= 0.3 is 0 Å². The molecule has 0 fully saturated rings. The predicted molar refractivity (Wildman–Crippen MR) is 154 cm³/mol. The molecule has 1 heterocycles. The minimum Gasteiger partial charge on any atom is -0.493 e. The quantitative estimate of drug-likeness (QED) is 0.110. The highest BCUT2D eigenvalue weighted by atomic mass is 16.5. The van der Waals surface area contributed by atoms with Gasteiger partial charge in [0.05, 0.1) is 38.3 Å². The number of rotatable bonds is 9. The summed E-state index contributed by atoms with van der Waals surface area (Å²) in [6.07, 6.45) is -0.223. The Bertz CT molecular complexity index is 1540. The molecule has 0 radical (unpaired) electrons. The van der Waals surface area contributed by atoms with E-state index in [0.29, 0.717) is 11.5 Å². The number of ether oxygens (including phenoxy) is 4. The number of nitrogens with two attached hydrogens (primary N) is 1. The number of hydrogen-bond donors (Lipinski definition) is 5. The van der Waals surface area contributed by atoms with E-state index in [2.05, 4.69) is 21.1 Å². The molecule has 3 aromatic carbocycles. The van der Waals surface area contributed by atoms with Gasteiger partial charge < -0.3 is 45.8 Å². The molecule has 3 aromatic rings. The van der Waals surface area contributed by atoms with E-state index in [1.165, 1.54) is 45.6 Å². The topological polar surface area (TPSA) is 183 Å². The van der Waals surface area contributed by atoms with Crippen LogP contribution in [0.25, 0.3) is 0 Å². The highest BCUT2D eigenvalue weighted by Gasteiger charge is 2.30. The molecule has 1 aliphatic rings. The summed E-state index contributed by atoms with van der Waals surface area (Å²) >= 11 is 0. The number of hydrogen-bond acceptors (Lipinski definition) is 9. The van der Waals surface area contributed by atoms with E-state index in [1.807, 2.05) is 19.9 Å². The number of oxime groups is 1. The van der Waals surface area contributed by atoms with Gasteiger partial charge in [-0.1, -0.05) is 11.2 Å². The van der Waals surface area contributed by atoms with E-state index in [1.54, 1.807) is 12.1 Å². The number of methoxy groups -OCH3 is 3. The molecule has 0 aromatic heterocycles. The van der Waals surface area contributed by atoms with Crippen LogP contribution < -0.4 is 40.6 Å². The zero-order valence-electron chi connectivity index (χ0n) is 23.7. The Morgan fingerprint density at radius 2 is 1.60 bits per heavy atom. The Morgan fingerprint density at radius 1 is 0.952 bits per heavy atom. The van der Waals surface area contributed by atoms with Crippen molar-refractivity contribution in [3.63, 3.8) is 0 Å². The molecule has 220 valence electrons. The van der Waals surface area contributed by atoms with Gasteiger partial charge in [-0.05, 0) is 61.4 Å². The Hall–Kier alpha value is -5.46. The minimum atomic E-state index is -1.11. The summed E-state index contributed by atoms with van der Waals surface area (Å²) in [5, 5.41) is 19.8. The maximum atomic E-state index is 13.5. The smallest absolute Gasteiger partial charge is 0.256 e. The van der Waals surface area contributed by atoms with Crippen molar-refractivity contribution in [3.05, 3.63) is 64.7 Å². The Kier molecular flexibility index (Phi) is 8.70. The molecule has 0 bridgehead atoms. The number of carbonyl (C=O) groups excluding carboxylic acids is 3. The SMILES string of the molecule is COc1cc(C(=O)Nc2cc3c(cc2Oc2cc(C)cc(C)c2)C(=O)N[C@@H](C/C(N)=N/O)C(=O)N3)cc(OC)c1OC. The normalized spacial score (nSPS) is 14.6. The number of nitrogens with one attached hydrogen (secondary N) is 3. The number of fused-ring (bicyclic) bond motifs is 1. The van der Waals surface area contributed by atoms with Gasteiger partial charge in [0.1, 0.15) is 17.6 Å². The standard InChI is InChI=1S/C29H31N5O8/c1-14-6-15(2)8-17(7-14)42-22-11-18-19(31-29(37)21(33-28(18)36)13-25(30)34-38)12-20(22)32-27(35)16-9-23(39-3)26(41-5)24(10-16)40-4/h6-12,21,38H,13H2,1-5H3,(H2,30,34)(H,31,37)(H,32,35)(H,33,36)/t21-/m0/s1. The van der Waals surface area contributed by atoms with Crippen molar-refractivity contribution in [1.29, 1.82) is 0 Å². The summed E-state index contributed by atoms with van der Waals surface area (Å²) in [4.78, 5) is 39.6. The molecule has 4 rings (SSSR count). The number of anilines is 2. The van der Waals surface area contributed by atoms with Crippen LogP contribution in [0.1, 0.15) is 38.3 Å². The third-order valence-electron chi connectivity index (χ3n) is 6.38. The molecular formula is C29H31N5O8. The van der Waals surface area contributed by atoms with Crippen molar-refractivity contribution in [1.82, 2.24) is 5.32 Å². The van der Waals surface area contributed by atoms with Crippen LogP contribution in [0.15, 0.2) is 47.6 Å². The Morgan fingerprint density at radius 3 is 2.17 bits per heavy atom. The summed E-state index contributed by atoms with van der Waals surface area (Å²) in [6.45, 7) is 3.82. The van der Waals surface area contributed by atoms with E-state index in [4.69, 9.17) is 29.9 Å². The molecule has 0 saturated carbocycles. The van der Waals surface area contributed by atoms with Crippen LogP contribution in [0.2, 0.25) is 0 Å². The van der Waals surface area contributed by atoms with Crippen LogP contribution in [0.3, 0.4) is 0 Å². The number of amides is 3. The molecule has 1 aliphatic heterocycles. The van der Waals surface area contributed by atoms with Crippen LogP contribution in [0.5, 0.6) is 28.7 Å². The summed E-state index contributed by atoms with van der Waals surface area (Å²) in [5.74, 6) is -0.529. The second-order valence-corrected chi connectivity index (χ2v) is 9.50. The average Bonchev–Trinajstić information content (AvgIpc) is 3.06. The molecule has 42 heavy (non-hydrogen) atoms. The Balaban J connectivity index is 1.78. The molecular weight excluding hydrogens is 546 g/mol. The minimum absolute atomic E-state index is 0.0792. The van der Waals surface area contributed by atoms with E-state index in [0.717, 1.165) is 11.1 Å². The molecule has 0 aliphatic carbocycles. The van der Waals surface area contributed by atoms with Crippen LogP contribution in [0.4, 0.5) is 11.4 Å². The first-order valence-corrected chi connectivity index (χ1v) is 12.7. The highest BCUT2D eigenvalue weighted by Crippen LogP contribution is 2.40. The van der Waals surface area contributed by atoms with E-state index < -0.39 is 23.8 Å². The molecule has 0 unspecified atom stereocenters. The van der Waals surface area contributed by atoms with Gasteiger partial charge in [0.15, 0.2) is 17.2 Å². The molecule has 1 atom stereocenters. The van der Waals surface area contributed by atoms with Crippen LogP contribution in [-0.4, -0.2) is 56.1 Å². The first kappa shape index (κ1) is 29.5. The van der Waals surface area contributed by atoms with E-state index >= 15 is 0 Å². The largest absolute Gasteiger partial charge is 0.493 e. The number of aryl methyl sites for hydroxylation is 2. The number of carbonyl (C=O) groups is 3. The van der Waals surface area contributed by atoms with Gasteiger partial charge in [-0.25, -0.2) is 0 Å². The van der Waals surface area contributed by atoms with Gasteiger partial charge in [-0.2, -0.15) is 0 Å². The monoisotopic (exact) mass is 577 g/mol. The lowest BCUT2D eigenvalue weighted by Crippen LogP contribution is -2.43. The highest BCUT2D eigenvalue weighted by molar-refractivity contribution is 6.13. The fourth-order valence-electron chi connectivity index (χ4n) is 4.49. The summed E-state index contributed by atoms with van der Waals surface area (Å²) in [7, 11) is 4.32. The van der Waals surface area contributed by atoms with Gasteiger partial charge in [0, 0.05) is 12.0 Å². The van der Waals surface area contributed by atoms with Crippen molar-refractivity contribution in [3.8, 4) is 28.7 Å². The summed E-state index contributed by atoms with van der Waals surface area (Å²) < 4.78 is 22.3. The molecule has 0 saturated heterocycles. The Labute approximate surface area is 241 Å². The molecule has 6 N–H and O–H groups in total. The van der Waals surface area contributed by atoms with Crippen molar-refractivity contribution in [2.75, 3.05) is 32.0 Å². The van der Waals surface area contributed by atoms with Gasteiger partial charge in [0.2, 0.25) is 11.7 Å². The zero-order chi connectivity index (χ0) is 30.6. The fraction of sp³-hybridized carbons (Fsp3) is 0.241. The van der Waals surface area contributed by atoms with E-state index in [9.17, 15) is 14.4 Å². The predicted octanol–water partition coefficient (Wildman–Crippen LogP) is 3.56. The zero-order valence-corrected chi connectivity index (χ0v) is 23.7. The van der Waals surface area contributed by atoms with Gasteiger partial charge in [0.25, 0.3) is 11.8 Å². The third-order valence-corrected chi connectivity index (χ3v) is 6.38. The van der Waals surface area contributed by atoms with Crippen molar-refractivity contribution < 1.29 is 38.5 Å². The fourth-order valence-corrected chi connectivity index (χ4v) is 4.49. The lowest BCUT2D eigenvalue weighted by atomic mass is 10.1.